The molecule has 0 saturated carbocycles. The summed E-state index contributed by atoms with van der Waals surface area (Å²) in [4.78, 5) is 11.5. The molecule has 6 heteroatoms. The molecule has 0 radical (unpaired) electrons. The summed E-state index contributed by atoms with van der Waals surface area (Å²) in [5.74, 6) is -0.130. The Hall–Kier alpha value is -3.93. The number of aryl methyl sites for hydroxylation is 1. The van der Waals surface area contributed by atoms with Crippen molar-refractivity contribution in [3.8, 4) is 28.1 Å². The van der Waals surface area contributed by atoms with Gasteiger partial charge < -0.3 is 10.1 Å². The van der Waals surface area contributed by atoms with Crippen LogP contribution in [0.25, 0.3) is 33.3 Å². The van der Waals surface area contributed by atoms with Crippen LogP contribution in [0, 0.1) is 5.82 Å². The summed E-state index contributed by atoms with van der Waals surface area (Å²) in [6.45, 7) is 3.45. The largest absolute Gasteiger partial charge is 0.496 e. The maximum absolute atomic E-state index is 14.5. The zero-order chi connectivity index (χ0) is 21.3. The molecule has 30 heavy (non-hydrogen) atoms. The number of carbonyl (C=O) groups excluding carboxylic acids is 1. The second-order valence-corrected chi connectivity index (χ2v) is 6.79. The highest BCUT2D eigenvalue weighted by Gasteiger charge is 2.16. The third kappa shape index (κ3) is 3.43. The Morgan fingerprint density at radius 1 is 1.13 bits per heavy atom. The first-order chi connectivity index (χ1) is 14.5. The van der Waals surface area contributed by atoms with Crippen LogP contribution in [-0.4, -0.2) is 22.8 Å². The second kappa shape index (κ2) is 7.83. The van der Waals surface area contributed by atoms with E-state index in [0.717, 1.165) is 22.2 Å². The maximum Gasteiger partial charge on any atom is 0.247 e. The van der Waals surface area contributed by atoms with Crippen LogP contribution in [0.4, 0.5) is 10.1 Å². The van der Waals surface area contributed by atoms with E-state index in [4.69, 9.17) is 4.74 Å². The smallest absolute Gasteiger partial charge is 0.247 e. The van der Waals surface area contributed by atoms with Gasteiger partial charge in [-0.05, 0) is 48.0 Å². The Morgan fingerprint density at radius 2 is 1.87 bits per heavy atom. The van der Waals surface area contributed by atoms with Crippen molar-refractivity contribution in [1.29, 1.82) is 0 Å². The zero-order valence-electron chi connectivity index (χ0n) is 16.6. The molecule has 0 aliphatic carbocycles. The molecular weight excluding hydrogens is 381 g/mol. The molecule has 1 amide bonds. The molecule has 0 atom stereocenters. The van der Waals surface area contributed by atoms with E-state index in [1.807, 2.05) is 49.5 Å². The molecule has 1 N–H and O–H groups in total. The zero-order valence-corrected chi connectivity index (χ0v) is 16.6. The van der Waals surface area contributed by atoms with E-state index in [2.05, 4.69) is 17.0 Å². The van der Waals surface area contributed by atoms with Gasteiger partial charge in [0.05, 0.1) is 23.9 Å². The number of nitrogens with zero attached hydrogens (tertiary/aromatic N) is 2. The number of fused-ring (bicyclic) bond motifs is 1. The fraction of sp³-hybridized carbons (Fsp3) is 0.0833. The van der Waals surface area contributed by atoms with Gasteiger partial charge in [0, 0.05) is 23.7 Å². The molecule has 5 nitrogen and oxygen atoms in total. The molecule has 0 aliphatic rings. The van der Waals surface area contributed by atoms with Gasteiger partial charge in [0.25, 0.3) is 0 Å². The van der Waals surface area contributed by atoms with Gasteiger partial charge in [-0.3, -0.25) is 9.48 Å². The molecule has 150 valence electrons. The molecule has 0 fully saturated rings. The number of hydrogen-bond donors (Lipinski definition) is 1. The highest BCUT2D eigenvalue weighted by atomic mass is 19.1. The van der Waals surface area contributed by atoms with E-state index in [-0.39, 0.29) is 11.7 Å². The lowest BCUT2D eigenvalue weighted by Gasteiger charge is -2.10. The van der Waals surface area contributed by atoms with E-state index in [9.17, 15) is 9.18 Å². The predicted molar refractivity (Wildman–Crippen MR) is 117 cm³/mol. The third-order valence-corrected chi connectivity index (χ3v) is 4.93. The molecule has 0 bridgehead atoms. The fourth-order valence-electron chi connectivity index (χ4n) is 3.56. The quantitative estimate of drug-likeness (QED) is 0.469. The Bertz CT molecular complexity index is 1260. The molecule has 1 heterocycles. The van der Waals surface area contributed by atoms with E-state index in [1.54, 1.807) is 16.8 Å². The number of halogens is 1. The summed E-state index contributed by atoms with van der Waals surface area (Å²) in [5.41, 5.74) is 4.43. The average Bonchev–Trinajstić information content (AvgIpc) is 3.08. The Balaban J connectivity index is 1.76. The van der Waals surface area contributed by atoms with Gasteiger partial charge in [-0.15, -0.1) is 0 Å². The SMILES string of the molecule is C=CC(=O)Nc1ccc(-c2c3ccc(-c4c(F)cccc4OC)cc3nn2C)cc1. The second-order valence-electron chi connectivity index (χ2n) is 6.79. The monoisotopic (exact) mass is 401 g/mol. The lowest BCUT2D eigenvalue weighted by molar-refractivity contribution is -0.111. The molecule has 1 aromatic heterocycles. The summed E-state index contributed by atoms with van der Waals surface area (Å²) >= 11 is 0. The number of amides is 1. The first-order valence-corrected chi connectivity index (χ1v) is 9.35. The normalized spacial score (nSPS) is 10.8. The number of aromatic nitrogens is 2. The van der Waals surface area contributed by atoms with Crippen molar-refractivity contribution in [2.45, 2.75) is 0 Å². The molecule has 0 unspecified atom stereocenters. The Morgan fingerprint density at radius 3 is 2.57 bits per heavy atom. The summed E-state index contributed by atoms with van der Waals surface area (Å²) in [5, 5.41) is 8.29. The van der Waals surface area contributed by atoms with Crippen LogP contribution in [0.5, 0.6) is 5.75 Å². The number of rotatable bonds is 5. The van der Waals surface area contributed by atoms with Crippen molar-refractivity contribution in [2.24, 2.45) is 7.05 Å². The summed E-state index contributed by atoms with van der Waals surface area (Å²) in [7, 11) is 3.39. The highest BCUT2D eigenvalue weighted by Crippen LogP contribution is 2.36. The van der Waals surface area contributed by atoms with E-state index in [1.165, 1.54) is 19.3 Å². The van der Waals surface area contributed by atoms with Gasteiger partial charge in [-0.25, -0.2) is 4.39 Å². The number of hydrogen-bond acceptors (Lipinski definition) is 3. The van der Waals surface area contributed by atoms with Gasteiger partial charge in [-0.1, -0.05) is 30.8 Å². The van der Waals surface area contributed by atoms with E-state index >= 15 is 0 Å². The average molecular weight is 401 g/mol. The molecular formula is C24H20FN3O2. The summed E-state index contributed by atoms with van der Waals surface area (Å²) in [6.07, 6.45) is 1.23. The van der Waals surface area contributed by atoms with Crippen LogP contribution in [0.2, 0.25) is 0 Å². The lowest BCUT2D eigenvalue weighted by Crippen LogP contribution is -2.06. The van der Waals surface area contributed by atoms with Gasteiger partial charge in [0.15, 0.2) is 0 Å². The molecule has 0 saturated heterocycles. The number of methoxy groups -OCH3 is 1. The maximum atomic E-state index is 14.5. The molecule has 4 aromatic rings. The van der Waals surface area contributed by atoms with Crippen molar-refractivity contribution in [1.82, 2.24) is 9.78 Å². The van der Waals surface area contributed by atoms with Gasteiger partial charge in [-0.2, -0.15) is 5.10 Å². The Kier molecular flexibility index (Phi) is 5.06. The predicted octanol–water partition coefficient (Wildman–Crippen LogP) is 5.18. The molecule has 3 aromatic carbocycles. The molecule has 0 aliphatic heterocycles. The van der Waals surface area contributed by atoms with Crippen LogP contribution in [0.1, 0.15) is 0 Å². The molecule has 0 spiro atoms. The van der Waals surface area contributed by atoms with Crippen molar-refractivity contribution in [3.63, 3.8) is 0 Å². The number of carbonyl (C=O) groups is 1. The van der Waals surface area contributed by atoms with Crippen LogP contribution < -0.4 is 10.1 Å². The summed E-state index contributed by atoms with van der Waals surface area (Å²) < 4.78 is 21.6. The van der Waals surface area contributed by atoms with Gasteiger partial charge in [0.2, 0.25) is 5.91 Å². The minimum absolute atomic E-state index is 0.259. The lowest BCUT2D eigenvalue weighted by atomic mass is 10.0. The summed E-state index contributed by atoms with van der Waals surface area (Å²) in [6, 6.07) is 17.9. The standard InChI is InChI=1S/C24H20FN3O2/c1-4-22(29)26-17-11-8-15(9-12-17)24-18-13-10-16(14-20(18)27-28(24)2)23-19(25)6-5-7-21(23)30-3/h4-14H,1H2,2-3H3,(H,26,29). The third-order valence-electron chi connectivity index (χ3n) is 4.93. The number of anilines is 1. The van der Waals surface area contributed by atoms with Gasteiger partial charge >= 0.3 is 0 Å². The minimum Gasteiger partial charge on any atom is -0.496 e. The van der Waals surface area contributed by atoms with Crippen LogP contribution >= 0.6 is 0 Å². The first-order valence-electron chi connectivity index (χ1n) is 9.35. The van der Waals surface area contributed by atoms with Crippen LogP contribution in [0.3, 0.4) is 0 Å². The van der Waals surface area contributed by atoms with E-state index in [0.29, 0.717) is 22.6 Å². The fourth-order valence-corrected chi connectivity index (χ4v) is 3.56. The van der Waals surface area contributed by atoms with Crippen LogP contribution in [-0.2, 0) is 11.8 Å². The topological polar surface area (TPSA) is 56.1 Å². The first kappa shape index (κ1) is 19.4. The number of benzene rings is 3. The van der Waals surface area contributed by atoms with Crippen molar-refractivity contribution < 1.29 is 13.9 Å². The molecule has 4 rings (SSSR count). The van der Waals surface area contributed by atoms with E-state index < -0.39 is 0 Å². The Labute approximate surface area is 173 Å². The number of nitrogens with one attached hydrogen (secondary N) is 1. The van der Waals surface area contributed by atoms with Crippen molar-refractivity contribution in [3.05, 3.63) is 79.1 Å². The minimum atomic E-state index is -0.345. The number of ether oxygens (including phenoxy) is 1. The van der Waals surface area contributed by atoms with Crippen molar-refractivity contribution >= 4 is 22.5 Å². The van der Waals surface area contributed by atoms with Crippen LogP contribution in [0.15, 0.2) is 73.3 Å². The van der Waals surface area contributed by atoms with Crippen molar-refractivity contribution in [2.75, 3.05) is 12.4 Å². The van der Waals surface area contributed by atoms with Gasteiger partial charge in [0.1, 0.15) is 11.6 Å². The highest BCUT2D eigenvalue weighted by molar-refractivity contribution is 5.99.